The number of Topliss-reactive ketones (excluding diaryl/α,β-unsaturated/α-hetero) is 1. The van der Waals surface area contributed by atoms with Crippen LogP contribution in [0.15, 0.2) is 12.1 Å². The molecule has 21 heavy (non-hydrogen) atoms. The molecule has 0 unspecified atom stereocenters. The van der Waals surface area contributed by atoms with E-state index in [1.54, 1.807) is 13.2 Å². The standard InChI is InChI=1S/C17H20O4/c1-9-10(2)20-16-11-6-7-17(3,4)21-12(11)8-13(19-5)14(16)15(9)18/h6-10H,1-5H3/t9-,10-/m1/s1. The monoisotopic (exact) mass is 288 g/mol. The second-order valence-corrected chi connectivity index (χ2v) is 6.21. The van der Waals surface area contributed by atoms with Crippen molar-refractivity contribution < 1.29 is 19.0 Å². The molecule has 0 aromatic heterocycles. The first-order chi connectivity index (χ1) is 9.84. The first-order valence-corrected chi connectivity index (χ1v) is 7.18. The van der Waals surface area contributed by atoms with Crippen molar-refractivity contribution in [1.29, 1.82) is 0 Å². The average Bonchev–Trinajstić information content (AvgIpc) is 2.42. The number of fused-ring (bicyclic) bond motifs is 3. The number of carbonyl (C=O) groups is 1. The maximum Gasteiger partial charge on any atom is 0.176 e. The molecule has 0 saturated heterocycles. The number of carbonyl (C=O) groups excluding carboxylic acids is 1. The zero-order valence-corrected chi connectivity index (χ0v) is 13.0. The molecule has 0 radical (unpaired) electrons. The van der Waals surface area contributed by atoms with E-state index in [4.69, 9.17) is 14.2 Å². The van der Waals surface area contributed by atoms with Crippen LogP contribution in [0.1, 0.15) is 43.6 Å². The fraction of sp³-hybridized carbons (Fsp3) is 0.471. The van der Waals surface area contributed by atoms with E-state index in [0.29, 0.717) is 22.8 Å². The molecule has 0 spiro atoms. The highest BCUT2D eigenvalue weighted by Gasteiger charge is 2.38. The fourth-order valence-corrected chi connectivity index (χ4v) is 2.72. The molecule has 0 saturated carbocycles. The highest BCUT2D eigenvalue weighted by molar-refractivity contribution is 6.05. The van der Waals surface area contributed by atoms with Gasteiger partial charge in [-0.2, -0.15) is 0 Å². The molecule has 2 aliphatic rings. The van der Waals surface area contributed by atoms with Crippen LogP contribution >= 0.6 is 0 Å². The van der Waals surface area contributed by atoms with Gasteiger partial charge in [-0.3, -0.25) is 4.79 Å². The Kier molecular flexibility index (Phi) is 3.01. The Morgan fingerprint density at radius 3 is 2.67 bits per heavy atom. The van der Waals surface area contributed by atoms with Crippen LogP contribution in [0, 0.1) is 5.92 Å². The smallest absolute Gasteiger partial charge is 0.176 e. The summed E-state index contributed by atoms with van der Waals surface area (Å²) in [5.41, 5.74) is 0.955. The number of benzene rings is 1. The molecule has 3 rings (SSSR count). The molecule has 0 amide bonds. The number of hydrogen-bond acceptors (Lipinski definition) is 4. The van der Waals surface area contributed by atoms with Crippen molar-refractivity contribution in [1.82, 2.24) is 0 Å². The minimum atomic E-state index is -0.385. The van der Waals surface area contributed by atoms with Crippen molar-refractivity contribution in [2.45, 2.75) is 39.4 Å². The Hall–Kier alpha value is -1.97. The topological polar surface area (TPSA) is 44.8 Å². The summed E-state index contributed by atoms with van der Waals surface area (Å²) in [4.78, 5) is 12.6. The molecule has 0 N–H and O–H groups in total. The molecular weight excluding hydrogens is 268 g/mol. The van der Waals surface area contributed by atoms with E-state index in [-0.39, 0.29) is 23.4 Å². The van der Waals surface area contributed by atoms with Crippen molar-refractivity contribution in [2.24, 2.45) is 5.92 Å². The van der Waals surface area contributed by atoms with E-state index >= 15 is 0 Å². The lowest BCUT2D eigenvalue weighted by molar-refractivity contribution is 0.0720. The molecule has 4 heteroatoms. The molecule has 4 nitrogen and oxygen atoms in total. The van der Waals surface area contributed by atoms with Crippen LogP contribution in [0.4, 0.5) is 0 Å². The maximum atomic E-state index is 12.6. The van der Waals surface area contributed by atoms with Crippen LogP contribution in [0.25, 0.3) is 6.08 Å². The molecule has 1 aromatic rings. The van der Waals surface area contributed by atoms with Gasteiger partial charge >= 0.3 is 0 Å². The molecule has 2 aliphatic heterocycles. The van der Waals surface area contributed by atoms with Gasteiger partial charge in [-0.15, -0.1) is 0 Å². The maximum absolute atomic E-state index is 12.6. The summed E-state index contributed by atoms with van der Waals surface area (Å²) in [6.45, 7) is 7.75. The predicted molar refractivity (Wildman–Crippen MR) is 80.3 cm³/mol. The van der Waals surface area contributed by atoms with Gasteiger partial charge in [0.25, 0.3) is 0 Å². The van der Waals surface area contributed by atoms with E-state index in [2.05, 4.69) is 0 Å². The van der Waals surface area contributed by atoms with E-state index in [0.717, 1.165) is 5.56 Å². The fourth-order valence-electron chi connectivity index (χ4n) is 2.72. The zero-order chi connectivity index (χ0) is 15.4. The molecule has 0 fully saturated rings. The quantitative estimate of drug-likeness (QED) is 0.793. The van der Waals surface area contributed by atoms with Crippen molar-refractivity contribution >= 4 is 11.9 Å². The Labute approximate surface area is 124 Å². The summed E-state index contributed by atoms with van der Waals surface area (Å²) in [7, 11) is 1.56. The normalized spacial score (nSPS) is 25.5. The minimum Gasteiger partial charge on any atom is -0.496 e. The second-order valence-electron chi connectivity index (χ2n) is 6.21. The van der Waals surface area contributed by atoms with Crippen LogP contribution in [0.5, 0.6) is 17.2 Å². The summed E-state index contributed by atoms with van der Waals surface area (Å²) in [6.07, 6.45) is 3.77. The third kappa shape index (κ3) is 2.09. The van der Waals surface area contributed by atoms with Gasteiger partial charge in [0.1, 0.15) is 34.5 Å². The largest absolute Gasteiger partial charge is 0.496 e. The van der Waals surface area contributed by atoms with Gasteiger partial charge in [-0.25, -0.2) is 0 Å². The van der Waals surface area contributed by atoms with Gasteiger partial charge in [-0.1, -0.05) is 6.92 Å². The number of ether oxygens (including phenoxy) is 3. The van der Waals surface area contributed by atoms with Crippen molar-refractivity contribution in [3.63, 3.8) is 0 Å². The van der Waals surface area contributed by atoms with Crippen LogP contribution < -0.4 is 14.2 Å². The third-order valence-corrected chi connectivity index (χ3v) is 4.16. The SMILES string of the molecule is COc1cc2c(c3c1C(=O)[C@H](C)[C@@H](C)O3)C=CC(C)(C)O2. The highest BCUT2D eigenvalue weighted by atomic mass is 16.5. The summed E-state index contributed by atoms with van der Waals surface area (Å²) in [5.74, 6) is 1.65. The molecule has 0 aliphatic carbocycles. The van der Waals surface area contributed by atoms with Crippen LogP contribution in [0.2, 0.25) is 0 Å². The van der Waals surface area contributed by atoms with Crippen molar-refractivity contribution in [2.75, 3.05) is 7.11 Å². The molecule has 112 valence electrons. The predicted octanol–water partition coefficient (Wildman–Crippen LogP) is 3.48. The Morgan fingerprint density at radius 1 is 1.29 bits per heavy atom. The van der Waals surface area contributed by atoms with Crippen LogP contribution in [-0.2, 0) is 0 Å². The number of hydrogen-bond donors (Lipinski definition) is 0. The molecule has 2 heterocycles. The second kappa shape index (κ2) is 4.52. The number of ketones is 1. The zero-order valence-electron chi connectivity index (χ0n) is 13.0. The Bertz CT molecular complexity index is 643. The summed E-state index contributed by atoms with van der Waals surface area (Å²) in [6, 6.07) is 1.78. The van der Waals surface area contributed by atoms with E-state index < -0.39 is 0 Å². The number of rotatable bonds is 1. The molecular formula is C17H20O4. The van der Waals surface area contributed by atoms with E-state index in [9.17, 15) is 4.79 Å². The van der Waals surface area contributed by atoms with Gasteiger partial charge in [0.2, 0.25) is 0 Å². The third-order valence-electron chi connectivity index (χ3n) is 4.16. The van der Waals surface area contributed by atoms with Crippen molar-refractivity contribution in [3.8, 4) is 17.2 Å². The number of methoxy groups -OCH3 is 1. The van der Waals surface area contributed by atoms with Crippen LogP contribution in [0.3, 0.4) is 0 Å². The van der Waals surface area contributed by atoms with Gasteiger partial charge in [0.15, 0.2) is 5.78 Å². The van der Waals surface area contributed by atoms with E-state index in [1.807, 2.05) is 39.8 Å². The highest BCUT2D eigenvalue weighted by Crippen LogP contribution is 2.47. The van der Waals surface area contributed by atoms with Gasteiger partial charge in [0.05, 0.1) is 18.6 Å². The summed E-state index contributed by atoms with van der Waals surface area (Å²) < 4.78 is 17.4. The minimum absolute atomic E-state index is 0.0571. The lowest BCUT2D eigenvalue weighted by Gasteiger charge is -2.34. The lowest BCUT2D eigenvalue weighted by Crippen LogP contribution is -2.35. The van der Waals surface area contributed by atoms with Crippen molar-refractivity contribution in [3.05, 3.63) is 23.3 Å². The summed E-state index contributed by atoms with van der Waals surface area (Å²) in [5, 5.41) is 0. The van der Waals surface area contributed by atoms with Gasteiger partial charge in [-0.05, 0) is 32.9 Å². The first-order valence-electron chi connectivity index (χ1n) is 7.18. The van der Waals surface area contributed by atoms with Gasteiger partial charge in [0, 0.05) is 6.07 Å². The lowest BCUT2D eigenvalue weighted by atomic mass is 9.88. The Morgan fingerprint density at radius 2 is 2.00 bits per heavy atom. The summed E-state index contributed by atoms with van der Waals surface area (Å²) >= 11 is 0. The Balaban J connectivity index is 2.24. The molecule has 1 aromatic carbocycles. The van der Waals surface area contributed by atoms with Crippen LogP contribution in [-0.4, -0.2) is 24.6 Å². The van der Waals surface area contributed by atoms with Gasteiger partial charge < -0.3 is 14.2 Å². The van der Waals surface area contributed by atoms with E-state index in [1.165, 1.54) is 0 Å². The molecule has 2 atom stereocenters. The average molecular weight is 288 g/mol. The first kappa shape index (κ1) is 14.0. The molecule has 0 bridgehead atoms.